The number of hydrogen-bond acceptors (Lipinski definition) is 2. The van der Waals surface area contributed by atoms with Crippen LogP contribution in [0.3, 0.4) is 0 Å². The average molecular weight is 343 g/mol. The van der Waals surface area contributed by atoms with Crippen LogP contribution in [0, 0.1) is 0 Å². The average Bonchev–Trinajstić information content (AvgIpc) is 1.90. The number of carbonyl (C=O) groups is 1. The fourth-order valence-corrected chi connectivity index (χ4v) is 0.574. The summed E-state index contributed by atoms with van der Waals surface area (Å²) >= 11 is 0. The van der Waals surface area contributed by atoms with Crippen molar-refractivity contribution in [1.82, 2.24) is 0 Å². The van der Waals surface area contributed by atoms with E-state index in [4.69, 9.17) is 0 Å². The maximum Gasteiger partial charge on any atom is 2.00 e. The van der Waals surface area contributed by atoms with Crippen molar-refractivity contribution in [3.8, 4) is 0 Å². The molecule has 0 aliphatic rings. The Morgan fingerprint density at radius 2 is 1.43 bits per heavy atom. The molecule has 0 fully saturated rings. The van der Waals surface area contributed by atoms with Gasteiger partial charge in [0.1, 0.15) is 0 Å². The zero-order chi connectivity index (χ0) is 6.69. The van der Waals surface area contributed by atoms with Gasteiger partial charge in [0, 0.05) is 0 Å². The maximum atomic E-state index is 10.1. The zero-order valence-electron chi connectivity index (χ0n) is 7.87. The molecule has 1 rings (SSSR count). The summed E-state index contributed by atoms with van der Waals surface area (Å²) in [6.45, 7) is 0. The van der Waals surface area contributed by atoms with Crippen molar-refractivity contribution in [3.63, 3.8) is 0 Å². The standard InChI is InChI=1S/C7H6O2.Ca.2ClH.Na.Sr/c8-7(9)6-4-2-1-3-5-6;;;;;/h1-5H,(H,8,9);;2*1H;;/q;+2;;;+1;+2/p-3. The summed E-state index contributed by atoms with van der Waals surface area (Å²) in [4.78, 5) is 10.1. The first-order valence-electron chi connectivity index (χ1n) is 2.57. The van der Waals surface area contributed by atoms with E-state index in [1.807, 2.05) is 0 Å². The first-order chi connectivity index (χ1) is 4.30. The molecule has 0 aliphatic carbocycles. The molecule has 62 valence electrons. The van der Waals surface area contributed by atoms with Crippen molar-refractivity contribution in [2.45, 2.75) is 0 Å². The molecule has 0 aromatic heterocycles. The Hall–Kier alpha value is 3.01. The third-order valence-electron chi connectivity index (χ3n) is 1.01. The van der Waals surface area contributed by atoms with E-state index in [0.717, 1.165) is 0 Å². The van der Waals surface area contributed by atoms with Gasteiger partial charge in [-0.15, -0.1) is 0 Å². The number of carboxylic acid groups (broad SMARTS) is 1. The molecule has 0 spiro atoms. The van der Waals surface area contributed by atoms with Gasteiger partial charge in [0.2, 0.25) is 0 Å². The smallest absolute Gasteiger partial charge is 1.00 e. The van der Waals surface area contributed by atoms with Gasteiger partial charge in [-0.2, -0.15) is 0 Å². The van der Waals surface area contributed by atoms with Crippen molar-refractivity contribution < 1.29 is 64.3 Å². The van der Waals surface area contributed by atoms with Crippen LogP contribution in [0.1, 0.15) is 10.4 Å². The summed E-state index contributed by atoms with van der Waals surface area (Å²) in [5.41, 5.74) is 0.220. The quantitative estimate of drug-likeness (QED) is 0.476. The van der Waals surface area contributed by atoms with E-state index in [1.54, 1.807) is 18.2 Å². The number of carboxylic acids is 1. The minimum atomic E-state index is -1.13. The Balaban J connectivity index is -0.0000000540. The second-order valence-corrected chi connectivity index (χ2v) is 1.65. The molecule has 0 aliphatic heterocycles. The van der Waals surface area contributed by atoms with E-state index in [0.29, 0.717) is 0 Å². The van der Waals surface area contributed by atoms with Crippen molar-refractivity contribution in [2.75, 3.05) is 0 Å². The largest absolute Gasteiger partial charge is 2.00 e. The molecule has 0 saturated carbocycles. The van der Waals surface area contributed by atoms with E-state index in [1.165, 1.54) is 12.1 Å². The summed E-state index contributed by atoms with van der Waals surface area (Å²) in [6.07, 6.45) is 0. The monoisotopic (exact) mass is 342 g/mol. The van der Waals surface area contributed by atoms with Gasteiger partial charge in [0.05, 0.1) is 5.97 Å². The van der Waals surface area contributed by atoms with Gasteiger partial charge in [-0.3, -0.25) is 0 Å². The number of aromatic carboxylic acids is 1. The molecule has 0 saturated heterocycles. The number of hydrogen-bond donors (Lipinski definition) is 0. The second-order valence-electron chi connectivity index (χ2n) is 1.65. The Bertz CT molecular complexity index is 226. The number of rotatable bonds is 1. The molecular weight excluding hydrogens is 338 g/mol. The van der Waals surface area contributed by atoms with Crippen molar-refractivity contribution >= 4 is 89.2 Å². The minimum absolute atomic E-state index is 0. The van der Waals surface area contributed by atoms with E-state index >= 15 is 0 Å². The minimum Gasteiger partial charge on any atom is -1.00 e. The Morgan fingerprint density at radius 3 is 1.64 bits per heavy atom. The van der Waals surface area contributed by atoms with Crippen LogP contribution in [0.15, 0.2) is 30.3 Å². The first kappa shape index (κ1) is 30.2. The number of carbonyl (C=O) groups excluding carboxylic acids is 1. The molecule has 0 radical (unpaired) electrons. The van der Waals surface area contributed by atoms with Crippen LogP contribution in [0.25, 0.3) is 0 Å². The van der Waals surface area contributed by atoms with Gasteiger partial charge in [0.25, 0.3) is 0 Å². The third-order valence-corrected chi connectivity index (χ3v) is 1.01. The molecular formula is C7H5CaCl2NaO2Sr+2. The van der Waals surface area contributed by atoms with E-state index in [-0.39, 0.29) is 143 Å². The van der Waals surface area contributed by atoms with Crippen LogP contribution in [-0.4, -0.2) is 89.2 Å². The van der Waals surface area contributed by atoms with Crippen molar-refractivity contribution in [2.24, 2.45) is 0 Å². The molecule has 7 heteroatoms. The van der Waals surface area contributed by atoms with E-state index < -0.39 is 5.97 Å². The van der Waals surface area contributed by atoms with Crippen LogP contribution in [0.4, 0.5) is 0 Å². The number of benzene rings is 1. The molecule has 0 unspecified atom stereocenters. The summed E-state index contributed by atoms with van der Waals surface area (Å²) in [7, 11) is 0. The fourth-order valence-electron chi connectivity index (χ4n) is 0.574. The molecule has 14 heavy (non-hydrogen) atoms. The van der Waals surface area contributed by atoms with Crippen LogP contribution in [0.5, 0.6) is 0 Å². The van der Waals surface area contributed by atoms with E-state index in [9.17, 15) is 9.90 Å². The van der Waals surface area contributed by atoms with Gasteiger partial charge in [-0.25, -0.2) is 0 Å². The van der Waals surface area contributed by atoms with Crippen LogP contribution in [-0.2, 0) is 0 Å². The summed E-state index contributed by atoms with van der Waals surface area (Å²) in [5.74, 6) is -1.13. The first-order valence-corrected chi connectivity index (χ1v) is 2.57. The van der Waals surface area contributed by atoms with Gasteiger partial charge < -0.3 is 34.7 Å². The Kier molecular flexibility index (Phi) is 39.7. The normalized spacial score (nSPS) is 5.71. The zero-order valence-corrected chi connectivity index (χ0v) is 17.1. The fraction of sp³-hybridized carbons (Fsp3) is 0. The van der Waals surface area contributed by atoms with Gasteiger partial charge in [0.15, 0.2) is 0 Å². The topological polar surface area (TPSA) is 40.1 Å². The molecule has 0 heterocycles. The second kappa shape index (κ2) is 18.4. The van der Waals surface area contributed by atoms with Crippen LogP contribution in [0.2, 0.25) is 0 Å². The summed E-state index contributed by atoms with van der Waals surface area (Å²) in [5, 5.41) is 10.1. The van der Waals surface area contributed by atoms with Crippen LogP contribution >= 0.6 is 0 Å². The summed E-state index contributed by atoms with van der Waals surface area (Å²) in [6, 6.07) is 8.06. The predicted octanol–water partition coefficient (Wildman–Crippen LogP) is -9.70. The SMILES string of the molecule is O=C([O-])c1ccccc1.[Ca+2].[Cl-].[Cl-].[Na+].[Sr+2]. The maximum absolute atomic E-state index is 10.1. The Morgan fingerprint density at radius 1 is 1.07 bits per heavy atom. The molecule has 0 atom stereocenters. The molecule has 0 N–H and O–H groups in total. The predicted molar refractivity (Wildman–Crippen MR) is 42.3 cm³/mol. The number of halogens is 2. The van der Waals surface area contributed by atoms with Gasteiger partial charge in [-0.05, 0) is 5.56 Å². The van der Waals surface area contributed by atoms with Gasteiger partial charge in [-0.1, -0.05) is 30.3 Å². The molecule has 0 amide bonds. The molecule has 0 bridgehead atoms. The van der Waals surface area contributed by atoms with E-state index in [2.05, 4.69) is 0 Å². The summed E-state index contributed by atoms with van der Waals surface area (Å²) < 4.78 is 0. The Labute approximate surface area is 185 Å². The van der Waals surface area contributed by atoms with Gasteiger partial charge >= 0.3 is 113 Å². The van der Waals surface area contributed by atoms with Crippen molar-refractivity contribution in [3.05, 3.63) is 35.9 Å². The molecule has 2 nitrogen and oxygen atoms in total. The van der Waals surface area contributed by atoms with Crippen LogP contribution < -0.4 is 59.5 Å². The van der Waals surface area contributed by atoms with Crippen molar-refractivity contribution in [1.29, 1.82) is 0 Å². The third kappa shape index (κ3) is 13.1. The molecule has 1 aromatic rings. The molecule has 1 aromatic carbocycles.